The SMILES string of the molecule is CCc1ccccc1NC(=O)[C@@H](CC)N(c1ccc(Cl)c(Cl)c1)S(C)(=O)=O. The summed E-state index contributed by atoms with van der Waals surface area (Å²) < 4.78 is 26.0. The Labute approximate surface area is 170 Å². The topological polar surface area (TPSA) is 66.5 Å². The first-order valence-corrected chi connectivity index (χ1v) is 11.1. The fourth-order valence-corrected chi connectivity index (χ4v) is 4.34. The molecule has 146 valence electrons. The standard InChI is InChI=1S/C19H22Cl2N2O3S/c1-4-13-8-6-7-9-17(13)22-19(24)18(5-2)23(27(3,25)26)14-10-11-15(20)16(21)12-14/h6-12,18H,4-5H2,1-3H3,(H,22,24)/t18-/m1/s1. The summed E-state index contributed by atoms with van der Waals surface area (Å²) in [6.07, 6.45) is 2.09. The zero-order valence-electron chi connectivity index (χ0n) is 15.4. The monoisotopic (exact) mass is 428 g/mol. The average Bonchev–Trinajstić information content (AvgIpc) is 2.61. The summed E-state index contributed by atoms with van der Waals surface area (Å²) in [6, 6.07) is 11.0. The van der Waals surface area contributed by atoms with E-state index in [-0.39, 0.29) is 17.1 Å². The molecule has 0 aliphatic carbocycles. The molecule has 0 heterocycles. The molecule has 0 saturated carbocycles. The molecule has 8 heteroatoms. The largest absolute Gasteiger partial charge is 0.324 e. The van der Waals surface area contributed by atoms with Gasteiger partial charge in [0, 0.05) is 5.69 Å². The molecule has 0 fully saturated rings. The van der Waals surface area contributed by atoms with Gasteiger partial charge in [-0.1, -0.05) is 55.2 Å². The molecule has 5 nitrogen and oxygen atoms in total. The van der Waals surface area contributed by atoms with Crippen LogP contribution in [-0.4, -0.2) is 26.6 Å². The molecule has 1 N–H and O–H groups in total. The molecule has 0 aliphatic heterocycles. The lowest BCUT2D eigenvalue weighted by molar-refractivity contribution is -0.117. The first-order chi connectivity index (χ1) is 12.7. The van der Waals surface area contributed by atoms with Gasteiger partial charge in [-0.15, -0.1) is 0 Å². The van der Waals surface area contributed by atoms with Crippen molar-refractivity contribution in [1.82, 2.24) is 0 Å². The minimum absolute atomic E-state index is 0.217. The van der Waals surface area contributed by atoms with Gasteiger partial charge in [0.2, 0.25) is 15.9 Å². The Morgan fingerprint density at radius 3 is 2.33 bits per heavy atom. The lowest BCUT2D eigenvalue weighted by Crippen LogP contribution is -2.47. The van der Waals surface area contributed by atoms with E-state index in [2.05, 4.69) is 5.32 Å². The Balaban J connectivity index is 2.43. The van der Waals surface area contributed by atoms with E-state index in [1.165, 1.54) is 18.2 Å². The number of amides is 1. The Morgan fingerprint density at radius 2 is 1.78 bits per heavy atom. The lowest BCUT2D eigenvalue weighted by atomic mass is 10.1. The van der Waals surface area contributed by atoms with Crippen LogP contribution in [0, 0.1) is 0 Å². The molecule has 1 atom stereocenters. The minimum Gasteiger partial charge on any atom is -0.324 e. The number of carbonyl (C=O) groups excluding carboxylic acids is 1. The van der Waals surface area contributed by atoms with E-state index >= 15 is 0 Å². The second kappa shape index (κ2) is 8.95. The second-order valence-corrected chi connectivity index (χ2v) is 8.76. The highest BCUT2D eigenvalue weighted by Crippen LogP contribution is 2.30. The molecular formula is C19H22Cl2N2O3S. The molecule has 27 heavy (non-hydrogen) atoms. The smallest absolute Gasteiger partial charge is 0.248 e. The molecule has 0 bridgehead atoms. The molecule has 2 rings (SSSR count). The van der Waals surface area contributed by atoms with Crippen LogP contribution in [0.5, 0.6) is 0 Å². The van der Waals surface area contributed by atoms with Gasteiger partial charge in [-0.3, -0.25) is 9.10 Å². The lowest BCUT2D eigenvalue weighted by Gasteiger charge is -2.30. The minimum atomic E-state index is -3.74. The van der Waals surface area contributed by atoms with Crippen molar-refractivity contribution in [2.45, 2.75) is 32.7 Å². The number of hydrogen-bond donors (Lipinski definition) is 1. The van der Waals surface area contributed by atoms with Crippen LogP contribution < -0.4 is 9.62 Å². The zero-order chi connectivity index (χ0) is 20.2. The molecule has 0 aliphatic rings. The van der Waals surface area contributed by atoms with Crippen LogP contribution in [0.3, 0.4) is 0 Å². The van der Waals surface area contributed by atoms with Gasteiger partial charge >= 0.3 is 0 Å². The molecular weight excluding hydrogens is 407 g/mol. The van der Waals surface area contributed by atoms with Crippen LogP contribution in [0.15, 0.2) is 42.5 Å². The molecule has 0 radical (unpaired) electrons. The van der Waals surface area contributed by atoms with Gasteiger partial charge in [0.1, 0.15) is 6.04 Å². The Bertz CT molecular complexity index is 932. The Kier molecular flexibility index (Phi) is 7.14. The second-order valence-electron chi connectivity index (χ2n) is 6.08. The van der Waals surface area contributed by atoms with Crippen LogP contribution in [0.25, 0.3) is 0 Å². The number of sulfonamides is 1. The number of rotatable bonds is 7. The number of hydrogen-bond acceptors (Lipinski definition) is 3. The van der Waals surface area contributed by atoms with Gasteiger partial charge < -0.3 is 5.32 Å². The van der Waals surface area contributed by atoms with Gasteiger partial charge in [0.25, 0.3) is 0 Å². The normalized spacial score (nSPS) is 12.5. The van der Waals surface area contributed by atoms with E-state index in [9.17, 15) is 13.2 Å². The zero-order valence-corrected chi connectivity index (χ0v) is 17.7. The highest BCUT2D eigenvalue weighted by Gasteiger charge is 2.32. The maximum Gasteiger partial charge on any atom is 0.248 e. The quantitative estimate of drug-likeness (QED) is 0.692. The number of carbonyl (C=O) groups is 1. The number of aryl methyl sites for hydroxylation is 1. The summed E-state index contributed by atoms with van der Waals surface area (Å²) in [5.74, 6) is -0.408. The number of halogens is 2. The summed E-state index contributed by atoms with van der Waals surface area (Å²) in [5.41, 5.74) is 1.94. The molecule has 0 unspecified atom stereocenters. The summed E-state index contributed by atoms with van der Waals surface area (Å²) in [7, 11) is -3.74. The summed E-state index contributed by atoms with van der Waals surface area (Å²) in [5, 5.41) is 3.38. The number of anilines is 2. The van der Waals surface area contributed by atoms with E-state index in [1.807, 2.05) is 25.1 Å². The third-order valence-electron chi connectivity index (χ3n) is 4.14. The van der Waals surface area contributed by atoms with Crippen molar-refractivity contribution in [3.63, 3.8) is 0 Å². The molecule has 0 saturated heterocycles. The highest BCUT2D eigenvalue weighted by atomic mass is 35.5. The third-order valence-corrected chi connectivity index (χ3v) is 6.06. The van der Waals surface area contributed by atoms with E-state index in [0.29, 0.717) is 10.7 Å². The molecule has 0 spiro atoms. The predicted molar refractivity (Wildman–Crippen MR) is 112 cm³/mol. The average molecular weight is 429 g/mol. The predicted octanol–water partition coefficient (Wildman–Crippen LogP) is 4.74. The highest BCUT2D eigenvalue weighted by molar-refractivity contribution is 7.92. The van der Waals surface area contributed by atoms with Crippen molar-refractivity contribution in [2.24, 2.45) is 0 Å². The molecule has 0 aromatic heterocycles. The summed E-state index contributed by atoms with van der Waals surface area (Å²) in [4.78, 5) is 12.9. The van der Waals surface area contributed by atoms with Gasteiger partial charge in [-0.05, 0) is 42.7 Å². The number of nitrogens with zero attached hydrogens (tertiary/aromatic N) is 1. The summed E-state index contributed by atoms with van der Waals surface area (Å²) >= 11 is 12.0. The fraction of sp³-hybridized carbons (Fsp3) is 0.316. The van der Waals surface area contributed by atoms with Crippen LogP contribution in [0.1, 0.15) is 25.8 Å². The van der Waals surface area contributed by atoms with Crippen LogP contribution in [0.2, 0.25) is 10.0 Å². The third kappa shape index (κ3) is 5.15. The van der Waals surface area contributed by atoms with Crippen LogP contribution in [0.4, 0.5) is 11.4 Å². The van der Waals surface area contributed by atoms with Crippen molar-refractivity contribution < 1.29 is 13.2 Å². The van der Waals surface area contributed by atoms with Crippen molar-refractivity contribution in [1.29, 1.82) is 0 Å². The maximum absolute atomic E-state index is 12.9. The van der Waals surface area contributed by atoms with Crippen LogP contribution in [-0.2, 0) is 21.2 Å². The van der Waals surface area contributed by atoms with E-state index in [0.717, 1.165) is 22.5 Å². The van der Waals surface area contributed by atoms with Gasteiger partial charge in [0.05, 0.1) is 22.0 Å². The summed E-state index contributed by atoms with van der Waals surface area (Å²) in [6.45, 7) is 3.74. The molecule has 2 aromatic rings. The number of para-hydroxylation sites is 1. The number of nitrogens with one attached hydrogen (secondary N) is 1. The van der Waals surface area contributed by atoms with Crippen molar-refractivity contribution in [3.8, 4) is 0 Å². The van der Waals surface area contributed by atoms with E-state index < -0.39 is 22.0 Å². The van der Waals surface area contributed by atoms with Crippen LogP contribution >= 0.6 is 23.2 Å². The van der Waals surface area contributed by atoms with Crippen molar-refractivity contribution >= 4 is 50.5 Å². The first kappa shape index (κ1) is 21.5. The van der Waals surface area contributed by atoms with Gasteiger partial charge in [-0.2, -0.15) is 0 Å². The van der Waals surface area contributed by atoms with E-state index in [1.54, 1.807) is 13.0 Å². The van der Waals surface area contributed by atoms with Crippen molar-refractivity contribution in [2.75, 3.05) is 15.9 Å². The maximum atomic E-state index is 12.9. The first-order valence-electron chi connectivity index (χ1n) is 8.52. The van der Waals surface area contributed by atoms with E-state index in [4.69, 9.17) is 23.2 Å². The Morgan fingerprint density at radius 1 is 1.11 bits per heavy atom. The molecule has 1 amide bonds. The number of benzene rings is 2. The van der Waals surface area contributed by atoms with Gasteiger partial charge in [0.15, 0.2) is 0 Å². The molecule has 2 aromatic carbocycles. The van der Waals surface area contributed by atoms with Crippen molar-refractivity contribution in [3.05, 3.63) is 58.1 Å². The Hall–Kier alpha value is -1.76. The fourth-order valence-electron chi connectivity index (χ4n) is 2.85. The van der Waals surface area contributed by atoms with Gasteiger partial charge in [-0.25, -0.2) is 8.42 Å².